The van der Waals surface area contributed by atoms with Crippen molar-refractivity contribution in [2.45, 2.75) is 52.7 Å². The Bertz CT molecular complexity index is 825. The number of carbonyl (C=O) groups excluding carboxylic acids is 2. The van der Waals surface area contributed by atoms with Crippen molar-refractivity contribution in [3.63, 3.8) is 0 Å². The van der Waals surface area contributed by atoms with Gasteiger partial charge in [-0.05, 0) is 39.7 Å². The van der Waals surface area contributed by atoms with Crippen molar-refractivity contribution in [3.8, 4) is 0 Å². The number of hydrogen-bond acceptors (Lipinski definition) is 3. The topological polar surface area (TPSA) is 55.4 Å². The first-order chi connectivity index (χ1) is 12.6. The second-order valence-corrected chi connectivity index (χ2v) is 7.46. The third-order valence-corrected chi connectivity index (χ3v) is 4.12. The number of benzene rings is 2. The van der Waals surface area contributed by atoms with Crippen molar-refractivity contribution in [1.29, 1.82) is 0 Å². The van der Waals surface area contributed by atoms with Gasteiger partial charge in [-0.25, -0.2) is 9.18 Å². The molecular formula is C22H26FNO3. The molecule has 1 N–H and O–H groups in total. The van der Waals surface area contributed by atoms with E-state index in [1.165, 1.54) is 0 Å². The highest BCUT2D eigenvalue weighted by atomic mass is 19.1. The molecule has 0 saturated carbocycles. The van der Waals surface area contributed by atoms with Crippen LogP contribution < -0.4 is 5.32 Å². The number of halogens is 1. The zero-order valence-corrected chi connectivity index (χ0v) is 16.4. The quantitative estimate of drug-likeness (QED) is 0.722. The molecule has 1 amide bonds. The summed E-state index contributed by atoms with van der Waals surface area (Å²) in [5.74, 6) is -0.980. The van der Waals surface area contributed by atoms with Gasteiger partial charge in [0.15, 0.2) is 5.78 Å². The highest BCUT2D eigenvalue weighted by Crippen LogP contribution is 2.27. The molecule has 27 heavy (non-hydrogen) atoms. The Kier molecular flexibility index (Phi) is 6.37. The molecule has 0 radical (unpaired) electrons. The van der Waals surface area contributed by atoms with Crippen LogP contribution in [0.15, 0.2) is 42.5 Å². The van der Waals surface area contributed by atoms with Crippen molar-refractivity contribution in [2.24, 2.45) is 0 Å². The zero-order chi connectivity index (χ0) is 20.2. The van der Waals surface area contributed by atoms with Gasteiger partial charge in [0.1, 0.15) is 11.4 Å². The van der Waals surface area contributed by atoms with E-state index in [9.17, 15) is 9.59 Å². The van der Waals surface area contributed by atoms with E-state index in [2.05, 4.69) is 5.32 Å². The molecule has 0 aromatic heterocycles. The number of hydrogen-bond donors (Lipinski definition) is 1. The Morgan fingerprint density at radius 1 is 1.11 bits per heavy atom. The highest BCUT2D eigenvalue weighted by molar-refractivity contribution is 6.10. The maximum Gasteiger partial charge on any atom is 0.408 e. The monoisotopic (exact) mass is 371 g/mol. The maximum absolute atomic E-state index is 15.3. The fraction of sp³-hybridized carbons (Fsp3) is 0.364. The molecule has 5 heteroatoms. The predicted molar refractivity (Wildman–Crippen MR) is 103 cm³/mol. The molecule has 0 spiro atoms. The normalized spacial score (nSPS) is 12.4. The van der Waals surface area contributed by atoms with Crippen LogP contribution in [0.25, 0.3) is 0 Å². The Morgan fingerprint density at radius 2 is 1.74 bits per heavy atom. The number of alkyl carbamates (subject to hydrolysis) is 1. The molecule has 1 unspecified atom stereocenters. The van der Waals surface area contributed by atoms with Crippen LogP contribution >= 0.6 is 0 Å². The van der Waals surface area contributed by atoms with Crippen LogP contribution in [0.3, 0.4) is 0 Å². The third-order valence-electron chi connectivity index (χ3n) is 4.12. The molecule has 4 nitrogen and oxygen atoms in total. The number of amides is 1. The molecule has 0 aliphatic heterocycles. The molecule has 0 saturated heterocycles. The van der Waals surface area contributed by atoms with Crippen LogP contribution in [-0.2, 0) is 4.74 Å². The summed E-state index contributed by atoms with van der Waals surface area (Å²) in [6.45, 7) is 8.81. The first-order valence-electron chi connectivity index (χ1n) is 9.02. The lowest BCUT2D eigenvalue weighted by atomic mass is 9.93. The van der Waals surface area contributed by atoms with E-state index in [0.29, 0.717) is 17.5 Å². The lowest BCUT2D eigenvalue weighted by molar-refractivity contribution is 0.0501. The first kappa shape index (κ1) is 20.6. The van der Waals surface area contributed by atoms with Crippen molar-refractivity contribution >= 4 is 11.9 Å². The van der Waals surface area contributed by atoms with Gasteiger partial charge in [-0.2, -0.15) is 0 Å². The summed E-state index contributed by atoms with van der Waals surface area (Å²) >= 11 is 0. The van der Waals surface area contributed by atoms with Crippen LogP contribution in [0.4, 0.5) is 9.18 Å². The second-order valence-electron chi connectivity index (χ2n) is 7.46. The van der Waals surface area contributed by atoms with E-state index in [-0.39, 0.29) is 16.9 Å². The van der Waals surface area contributed by atoms with Crippen molar-refractivity contribution in [2.75, 3.05) is 0 Å². The van der Waals surface area contributed by atoms with Crippen LogP contribution in [0.5, 0.6) is 0 Å². The third kappa shape index (κ3) is 5.16. The number of ether oxygens (including phenoxy) is 1. The summed E-state index contributed by atoms with van der Waals surface area (Å²) in [7, 11) is 0. The lowest BCUT2D eigenvalue weighted by Gasteiger charge is -2.24. The second kappa shape index (κ2) is 8.33. The fourth-order valence-electron chi connectivity index (χ4n) is 2.82. The number of aryl methyl sites for hydroxylation is 1. The first-order valence-corrected chi connectivity index (χ1v) is 9.02. The zero-order valence-electron chi connectivity index (χ0n) is 16.4. The van der Waals surface area contributed by atoms with Gasteiger partial charge in [0, 0.05) is 11.1 Å². The number of carbonyl (C=O) groups is 2. The van der Waals surface area contributed by atoms with E-state index >= 15 is 4.39 Å². The summed E-state index contributed by atoms with van der Waals surface area (Å²) in [5.41, 5.74) is 0.626. The number of ketones is 1. The molecule has 144 valence electrons. The highest BCUT2D eigenvalue weighted by Gasteiger charge is 2.25. The van der Waals surface area contributed by atoms with Gasteiger partial charge >= 0.3 is 6.09 Å². The molecule has 2 rings (SSSR count). The van der Waals surface area contributed by atoms with Gasteiger partial charge in [0.2, 0.25) is 0 Å². The van der Waals surface area contributed by atoms with Crippen molar-refractivity contribution in [3.05, 3.63) is 70.5 Å². The molecule has 0 aliphatic carbocycles. The van der Waals surface area contributed by atoms with Crippen molar-refractivity contribution < 1.29 is 18.7 Å². The van der Waals surface area contributed by atoms with Gasteiger partial charge in [-0.1, -0.05) is 49.4 Å². The maximum atomic E-state index is 15.3. The molecule has 1 atom stereocenters. The number of nitrogens with one attached hydrogen (secondary N) is 1. The van der Waals surface area contributed by atoms with Gasteiger partial charge < -0.3 is 10.1 Å². The molecular weight excluding hydrogens is 345 g/mol. The average molecular weight is 371 g/mol. The van der Waals surface area contributed by atoms with Gasteiger partial charge in [0.25, 0.3) is 0 Å². The van der Waals surface area contributed by atoms with E-state index in [4.69, 9.17) is 4.74 Å². The van der Waals surface area contributed by atoms with Crippen LogP contribution in [0.2, 0.25) is 0 Å². The van der Waals surface area contributed by atoms with E-state index in [1.807, 2.05) is 6.92 Å². The fourth-order valence-corrected chi connectivity index (χ4v) is 2.82. The summed E-state index contributed by atoms with van der Waals surface area (Å²) in [6.07, 6.45) is -0.164. The number of rotatable bonds is 5. The molecule has 0 fully saturated rings. The Morgan fingerprint density at radius 3 is 2.30 bits per heavy atom. The molecule has 2 aromatic rings. The smallest absolute Gasteiger partial charge is 0.408 e. The standard InChI is InChI=1S/C22H26FNO3/c1-6-17(24-21(26)27-22(3,4)5)16-13-12-14(2)18(19(16)23)20(25)15-10-8-7-9-11-15/h7-13,17H,6H2,1-5H3,(H,24,26). The molecule has 2 aromatic carbocycles. The Labute approximate surface area is 159 Å². The molecule has 0 aliphatic rings. The summed E-state index contributed by atoms with van der Waals surface area (Å²) in [5, 5.41) is 2.69. The lowest BCUT2D eigenvalue weighted by Crippen LogP contribution is -2.35. The van der Waals surface area contributed by atoms with E-state index < -0.39 is 23.6 Å². The van der Waals surface area contributed by atoms with Gasteiger partial charge in [0.05, 0.1) is 11.6 Å². The summed E-state index contributed by atoms with van der Waals surface area (Å²) in [6, 6.07) is 11.3. The van der Waals surface area contributed by atoms with E-state index in [1.54, 1.807) is 70.2 Å². The van der Waals surface area contributed by atoms with Gasteiger partial charge in [-0.3, -0.25) is 4.79 Å². The van der Waals surface area contributed by atoms with Crippen LogP contribution in [0, 0.1) is 12.7 Å². The van der Waals surface area contributed by atoms with Gasteiger partial charge in [-0.15, -0.1) is 0 Å². The minimum atomic E-state index is -0.650. The predicted octanol–water partition coefficient (Wildman–Crippen LogP) is 5.34. The minimum absolute atomic E-state index is 0.0307. The molecule has 0 heterocycles. The summed E-state index contributed by atoms with van der Waals surface area (Å²) < 4.78 is 20.5. The Balaban J connectivity index is 2.37. The Hall–Kier alpha value is -2.69. The minimum Gasteiger partial charge on any atom is -0.444 e. The summed E-state index contributed by atoms with van der Waals surface area (Å²) in [4.78, 5) is 24.9. The SMILES string of the molecule is CCC(NC(=O)OC(C)(C)C)c1ccc(C)c(C(=O)c2ccccc2)c1F. The van der Waals surface area contributed by atoms with E-state index in [0.717, 1.165) is 0 Å². The average Bonchev–Trinajstić information content (AvgIpc) is 2.59. The van der Waals surface area contributed by atoms with Crippen LogP contribution in [0.1, 0.15) is 67.2 Å². The van der Waals surface area contributed by atoms with Crippen molar-refractivity contribution in [1.82, 2.24) is 5.32 Å². The molecule has 0 bridgehead atoms. The largest absolute Gasteiger partial charge is 0.444 e. The van der Waals surface area contributed by atoms with Crippen LogP contribution in [-0.4, -0.2) is 17.5 Å².